The van der Waals surface area contributed by atoms with Gasteiger partial charge in [0, 0.05) is 29.4 Å². The predicted molar refractivity (Wildman–Crippen MR) is 83.7 cm³/mol. The number of fused-ring (bicyclic) bond motifs is 1. The van der Waals surface area contributed by atoms with E-state index in [0.29, 0.717) is 5.88 Å². The summed E-state index contributed by atoms with van der Waals surface area (Å²) in [7, 11) is 0. The van der Waals surface area contributed by atoms with E-state index < -0.39 is 0 Å². The van der Waals surface area contributed by atoms with Crippen LogP contribution in [0.4, 0.5) is 5.69 Å². The number of aromatic nitrogens is 1. The van der Waals surface area contributed by atoms with Gasteiger partial charge in [-0.3, -0.25) is 4.99 Å². The van der Waals surface area contributed by atoms with Gasteiger partial charge in [-0.2, -0.15) is 0 Å². The van der Waals surface area contributed by atoms with E-state index >= 15 is 0 Å². The van der Waals surface area contributed by atoms with Crippen molar-refractivity contribution in [3.63, 3.8) is 0 Å². The molecule has 1 aromatic heterocycles. The highest BCUT2D eigenvalue weighted by Gasteiger charge is 2.23. The first kappa shape index (κ1) is 13.0. The van der Waals surface area contributed by atoms with Gasteiger partial charge in [0.25, 0.3) is 0 Å². The van der Waals surface area contributed by atoms with Crippen LogP contribution in [-0.4, -0.2) is 21.9 Å². The van der Waals surface area contributed by atoms with E-state index in [2.05, 4.69) is 18.8 Å². The maximum Gasteiger partial charge on any atom is 0.201 e. The van der Waals surface area contributed by atoms with E-state index in [1.54, 1.807) is 0 Å². The minimum atomic E-state index is 0.194. The highest BCUT2D eigenvalue weighted by atomic mass is 16.3. The molecule has 0 amide bonds. The number of benzene rings is 1. The van der Waals surface area contributed by atoms with E-state index in [9.17, 15) is 5.11 Å². The number of nitrogen functional groups attached to an aromatic ring is 1. The number of rotatable bonds is 2. The molecule has 4 nitrogen and oxygen atoms in total. The minimum absolute atomic E-state index is 0.194. The summed E-state index contributed by atoms with van der Waals surface area (Å²) in [6.07, 6.45) is 3.20. The Morgan fingerprint density at radius 1 is 1.30 bits per heavy atom. The highest BCUT2D eigenvalue weighted by Crippen LogP contribution is 2.37. The molecule has 2 heterocycles. The molecule has 0 fully saturated rings. The number of hydrogen-bond donors (Lipinski definition) is 2. The predicted octanol–water partition coefficient (Wildman–Crippen LogP) is 3.48. The van der Waals surface area contributed by atoms with Crippen molar-refractivity contribution in [2.75, 3.05) is 12.3 Å². The molecule has 0 bridgehead atoms. The van der Waals surface area contributed by atoms with Gasteiger partial charge in [-0.25, -0.2) is 0 Å². The summed E-state index contributed by atoms with van der Waals surface area (Å²) in [5, 5.41) is 11.7. The second kappa shape index (κ2) is 4.85. The third-order valence-electron chi connectivity index (χ3n) is 3.93. The van der Waals surface area contributed by atoms with Crippen LogP contribution < -0.4 is 5.73 Å². The molecule has 3 N–H and O–H groups in total. The molecule has 1 aliphatic rings. The van der Waals surface area contributed by atoms with Crippen LogP contribution in [0.15, 0.2) is 23.2 Å². The SMILES string of the molecule is CC(C)n1c(O)c(C2=NCCCC2)c2cc(N)ccc21. The van der Waals surface area contributed by atoms with Gasteiger partial charge < -0.3 is 15.4 Å². The van der Waals surface area contributed by atoms with Crippen molar-refractivity contribution in [2.24, 2.45) is 4.99 Å². The van der Waals surface area contributed by atoms with Gasteiger partial charge in [-0.05, 0) is 51.3 Å². The van der Waals surface area contributed by atoms with E-state index in [1.807, 2.05) is 22.8 Å². The minimum Gasteiger partial charge on any atom is -0.494 e. The Bertz CT molecular complexity index is 683. The van der Waals surface area contributed by atoms with E-state index in [4.69, 9.17) is 5.73 Å². The molecule has 20 heavy (non-hydrogen) atoms. The molecule has 0 spiro atoms. The zero-order valence-electron chi connectivity index (χ0n) is 12.1. The van der Waals surface area contributed by atoms with Crippen LogP contribution in [0.25, 0.3) is 10.9 Å². The van der Waals surface area contributed by atoms with Crippen molar-refractivity contribution in [3.8, 4) is 5.88 Å². The number of hydrogen-bond acceptors (Lipinski definition) is 3. The number of nitrogens with zero attached hydrogens (tertiary/aromatic N) is 2. The van der Waals surface area contributed by atoms with Gasteiger partial charge in [-0.15, -0.1) is 0 Å². The Morgan fingerprint density at radius 2 is 2.10 bits per heavy atom. The summed E-state index contributed by atoms with van der Waals surface area (Å²) in [4.78, 5) is 4.62. The second-order valence-corrected chi connectivity index (χ2v) is 5.72. The lowest BCUT2D eigenvalue weighted by Crippen LogP contribution is -2.08. The molecule has 0 saturated carbocycles. The molecule has 0 atom stereocenters. The topological polar surface area (TPSA) is 63.5 Å². The smallest absolute Gasteiger partial charge is 0.201 e. The lowest BCUT2D eigenvalue weighted by molar-refractivity contribution is 0.405. The van der Waals surface area contributed by atoms with E-state index in [0.717, 1.165) is 53.7 Å². The number of aromatic hydroxyl groups is 1. The fraction of sp³-hybridized carbons (Fsp3) is 0.438. The fourth-order valence-corrected chi connectivity index (χ4v) is 3.03. The molecule has 0 aliphatic carbocycles. The molecule has 0 saturated heterocycles. The Hall–Kier alpha value is -1.97. The van der Waals surface area contributed by atoms with Crippen LogP contribution in [-0.2, 0) is 0 Å². The first-order chi connectivity index (χ1) is 9.59. The molecule has 0 unspecified atom stereocenters. The lowest BCUT2D eigenvalue weighted by atomic mass is 10.0. The largest absolute Gasteiger partial charge is 0.494 e. The van der Waals surface area contributed by atoms with Gasteiger partial charge >= 0.3 is 0 Å². The molecule has 3 rings (SSSR count). The van der Waals surface area contributed by atoms with Gasteiger partial charge in [0.15, 0.2) is 0 Å². The van der Waals surface area contributed by atoms with Crippen LogP contribution in [0.5, 0.6) is 5.88 Å². The van der Waals surface area contributed by atoms with Crippen molar-refractivity contribution in [2.45, 2.75) is 39.2 Å². The van der Waals surface area contributed by atoms with E-state index in [1.165, 1.54) is 0 Å². The van der Waals surface area contributed by atoms with Crippen molar-refractivity contribution in [3.05, 3.63) is 23.8 Å². The van der Waals surface area contributed by atoms with Gasteiger partial charge in [0.05, 0.1) is 11.1 Å². The van der Waals surface area contributed by atoms with E-state index in [-0.39, 0.29) is 6.04 Å². The summed E-state index contributed by atoms with van der Waals surface area (Å²) in [6, 6.07) is 6.00. The van der Waals surface area contributed by atoms with Gasteiger partial charge in [-0.1, -0.05) is 0 Å². The summed E-state index contributed by atoms with van der Waals surface area (Å²) >= 11 is 0. The molecule has 1 aromatic carbocycles. The molecular formula is C16H21N3O. The zero-order valence-corrected chi connectivity index (χ0v) is 12.1. The van der Waals surface area contributed by atoms with Crippen LogP contribution in [0, 0.1) is 0 Å². The van der Waals surface area contributed by atoms with Crippen molar-refractivity contribution in [1.29, 1.82) is 0 Å². The zero-order chi connectivity index (χ0) is 14.3. The molecule has 4 heteroatoms. The fourth-order valence-electron chi connectivity index (χ4n) is 3.03. The standard InChI is InChI=1S/C16H21N3O/c1-10(2)19-14-7-6-11(17)9-12(14)15(16(19)20)13-5-3-4-8-18-13/h6-7,9-10,20H,3-5,8,17H2,1-2H3. The van der Waals surface area contributed by atoms with Crippen molar-refractivity contribution in [1.82, 2.24) is 4.57 Å². The highest BCUT2D eigenvalue weighted by molar-refractivity contribution is 6.14. The first-order valence-electron chi connectivity index (χ1n) is 7.25. The summed E-state index contributed by atoms with van der Waals surface area (Å²) in [5.41, 5.74) is 9.56. The summed E-state index contributed by atoms with van der Waals surface area (Å²) in [6.45, 7) is 5.00. The van der Waals surface area contributed by atoms with Crippen LogP contribution in [0.3, 0.4) is 0 Å². The monoisotopic (exact) mass is 271 g/mol. The number of anilines is 1. The maximum atomic E-state index is 10.7. The third-order valence-corrected chi connectivity index (χ3v) is 3.93. The van der Waals surface area contributed by atoms with Crippen LogP contribution in [0.1, 0.15) is 44.7 Å². The van der Waals surface area contributed by atoms with Crippen molar-refractivity contribution >= 4 is 22.3 Å². The molecule has 106 valence electrons. The van der Waals surface area contributed by atoms with Gasteiger partial charge in [0.1, 0.15) is 0 Å². The molecular weight excluding hydrogens is 250 g/mol. The Labute approximate surface area is 118 Å². The summed E-state index contributed by atoms with van der Waals surface area (Å²) < 4.78 is 1.96. The Morgan fingerprint density at radius 3 is 2.75 bits per heavy atom. The maximum absolute atomic E-state index is 10.7. The Kier molecular flexibility index (Phi) is 3.16. The average molecular weight is 271 g/mol. The molecule has 1 aliphatic heterocycles. The third kappa shape index (κ3) is 1.96. The normalized spacial score (nSPS) is 15.8. The average Bonchev–Trinajstić information content (AvgIpc) is 2.71. The molecule has 2 aromatic rings. The first-order valence-corrected chi connectivity index (χ1v) is 7.25. The van der Waals surface area contributed by atoms with Crippen LogP contribution >= 0.6 is 0 Å². The van der Waals surface area contributed by atoms with Gasteiger partial charge in [0.2, 0.25) is 5.88 Å². The van der Waals surface area contributed by atoms with Crippen molar-refractivity contribution < 1.29 is 5.11 Å². The molecule has 0 radical (unpaired) electrons. The van der Waals surface area contributed by atoms with Crippen LogP contribution in [0.2, 0.25) is 0 Å². The second-order valence-electron chi connectivity index (χ2n) is 5.72. The number of aliphatic imine (C=N–C) groups is 1. The quantitative estimate of drug-likeness (QED) is 0.821. The summed E-state index contributed by atoms with van der Waals surface area (Å²) in [5.74, 6) is 0.321. The Balaban J connectivity index is 2.32. The number of nitrogens with two attached hydrogens (primary N) is 1. The lowest BCUT2D eigenvalue weighted by Gasteiger charge is -2.13.